The van der Waals surface area contributed by atoms with E-state index in [4.69, 9.17) is 16.3 Å². The first kappa shape index (κ1) is 23.0. The molecule has 0 saturated heterocycles. The van der Waals surface area contributed by atoms with E-state index in [2.05, 4.69) is 25.7 Å². The van der Waals surface area contributed by atoms with Crippen LogP contribution in [0.15, 0.2) is 41.5 Å². The van der Waals surface area contributed by atoms with E-state index in [-0.39, 0.29) is 34.1 Å². The third-order valence-electron chi connectivity index (χ3n) is 5.62. The molecule has 5 rings (SSSR count). The minimum atomic E-state index is -4.59. The Morgan fingerprint density at radius 1 is 1.29 bits per heavy atom. The first-order valence-corrected chi connectivity index (χ1v) is 11.0. The van der Waals surface area contributed by atoms with E-state index in [1.807, 2.05) is 13.0 Å². The minimum absolute atomic E-state index is 0.0895. The maximum atomic E-state index is 12.9. The van der Waals surface area contributed by atoms with Crippen LogP contribution < -0.4 is 20.9 Å². The van der Waals surface area contributed by atoms with Gasteiger partial charge in [-0.25, -0.2) is 9.67 Å². The third kappa shape index (κ3) is 4.25. The van der Waals surface area contributed by atoms with E-state index in [1.165, 1.54) is 10.8 Å². The van der Waals surface area contributed by atoms with Crippen molar-refractivity contribution in [3.8, 4) is 11.7 Å². The lowest BCUT2D eigenvalue weighted by Gasteiger charge is -2.17. The number of halogens is 4. The number of rotatable bonds is 3. The molecule has 0 spiro atoms. The summed E-state index contributed by atoms with van der Waals surface area (Å²) in [6.45, 7) is 2.42. The second-order valence-electron chi connectivity index (χ2n) is 8.12. The standard InChI is InChI=1S/C22H19ClF3N7O2/c1-11-6-8-35-18-17(28-11)13-9-12(3-4-15(13)32(2)20(18)34)29-19-14(23)10-27-21(30-19)33-7-5-16(31-33)22(24,25)26/h3-5,7,9-11,28H,6,8H2,1-2H3,(H,27,29,30). The molecule has 0 amide bonds. The van der Waals surface area contributed by atoms with Crippen LogP contribution in [0, 0.1) is 0 Å². The smallest absolute Gasteiger partial charge is 0.435 e. The Morgan fingerprint density at radius 3 is 2.83 bits per heavy atom. The zero-order chi connectivity index (χ0) is 24.9. The molecule has 3 aromatic heterocycles. The van der Waals surface area contributed by atoms with Gasteiger partial charge in [-0.1, -0.05) is 11.6 Å². The summed E-state index contributed by atoms with van der Waals surface area (Å²) in [5.41, 5.74) is 0.573. The summed E-state index contributed by atoms with van der Waals surface area (Å²) >= 11 is 6.26. The normalized spacial score (nSPS) is 15.8. The van der Waals surface area contributed by atoms with Crippen LogP contribution in [0.4, 0.5) is 30.4 Å². The van der Waals surface area contributed by atoms with Gasteiger partial charge in [0.2, 0.25) is 5.75 Å². The zero-order valence-corrected chi connectivity index (χ0v) is 19.3. The Bertz CT molecular complexity index is 1500. The van der Waals surface area contributed by atoms with E-state index in [9.17, 15) is 18.0 Å². The molecule has 13 heteroatoms. The Labute approximate surface area is 201 Å². The quantitative estimate of drug-likeness (QED) is 0.422. The molecule has 1 aromatic carbocycles. The number of hydrogen-bond donors (Lipinski definition) is 2. The van der Waals surface area contributed by atoms with E-state index < -0.39 is 11.9 Å². The van der Waals surface area contributed by atoms with Crippen LogP contribution in [0.3, 0.4) is 0 Å². The average Bonchev–Trinajstić information content (AvgIpc) is 3.23. The molecule has 182 valence electrons. The van der Waals surface area contributed by atoms with Gasteiger partial charge in [0.1, 0.15) is 5.02 Å². The van der Waals surface area contributed by atoms with Crippen LogP contribution >= 0.6 is 11.6 Å². The van der Waals surface area contributed by atoms with Gasteiger partial charge in [0, 0.05) is 36.8 Å². The molecule has 1 aliphatic rings. The summed E-state index contributed by atoms with van der Waals surface area (Å²) in [7, 11) is 1.67. The second kappa shape index (κ2) is 8.45. The molecule has 0 radical (unpaired) electrons. The molecule has 0 bridgehead atoms. The summed E-state index contributed by atoms with van der Waals surface area (Å²) in [6, 6.07) is 6.26. The zero-order valence-electron chi connectivity index (χ0n) is 18.5. The van der Waals surface area contributed by atoms with Crippen molar-refractivity contribution in [2.45, 2.75) is 25.6 Å². The largest absolute Gasteiger partial charge is 0.486 e. The number of fused-ring (bicyclic) bond motifs is 3. The molecule has 1 unspecified atom stereocenters. The van der Waals surface area contributed by atoms with Crippen molar-refractivity contribution in [1.82, 2.24) is 24.3 Å². The average molecular weight is 506 g/mol. The molecule has 4 aromatic rings. The highest BCUT2D eigenvalue weighted by molar-refractivity contribution is 6.32. The van der Waals surface area contributed by atoms with Gasteiger partial charge in [0.15, 0.2) is 11.5 Å². The van der Waals surface area contributed by atoms with E-state index in [0.717, 1.165) is 28.8 Å². The summed E-state index contributed by atoms with van der Waals surface area (Å²) in [4.78, 5) is 21.0. The van der Waals surface area contributed by atoms with Gasteiger partial charge in [-0.05, 0) is 31.2 Å². The Morgan fingerprint density at radius 2 is 2.09 bits per heavy atom. The number of nitrogens with one attached hydrogen (secondary N) is 2. The number of nitrogens with zero attached hydrogens (tertiary/aromatic N) is 5. The minimum Gasteiger partial charge on any atom is -0.486 e. The lowest BCUT2D eigenvalue weighted by atomic mass is 10.1. The van der Waals surface area contributed by atoms with E-state index >= 15 is 0 Å². The molecular formula is C22H19ClF3N7O2. The van der Waals surface area contributed by atoms with Gasteiger partial charge < -0.3 is 19.9 Å². The molecule has 35 heavy (non-hydrogen) atoms. The maximum absolute atomic E-state index is 12.9. The second-order valence-corrected chi connectivity index (χ2v) is 8.52. The van der Waals surface area contributed by atoms with E-state index in [0.29, 0.717) is 23.5 Å². The summed E-state index contributed by atoms with van der Waals surface area (Å²) in [6.07, 6.45) is -1.46. The molecule has 0 fully saturated rings. The van der Waals surface area contributed by atoms with Crippen molar-refractivity contribution in [2.75, 3.05) is 17.2 Å². The highest BCUT2D eigenvalue weighted by atomic mass is 35.5. The Hall–Kier alpha value is -3.80. The molecular weight excluding hydrogens is 487 g/mol. The number of hydrogen-bond acceptors (Lipinski definition) is 7. The lowest BCUT2D eigenvalue weighted by molar-refractivity contribution is -0.141. The number of benzene rings is 1. The molecule has 1 atom stereocenters. The predicted molar refractivity (Wildman–Crippen MR) is 125 cm³/mol. The van der Waals surface area contributed by atoms with Crippen LogP contribution in [0.25, 0.3) is 16.9 Å². The number of alkyl halides is 3. The van der Waals surface area contributed by atoms with Gasteiger partial charge in [0.25, 0.3) is 11.5 Å². The Kier molecular flexibility index (Phi) is 5.55. The monoisotopic (exact) mass is 505 g/mol. The molecule has 0 aliphatic carbocycles. The van der Waals surface area contributed by atoms with Gasteiger partial charge in [-0.15, -0.1) is 0 Å². The molecule has 4 heterocycles. The number of anilines is 3. The van der Waals surface area contributed by atoms with Crippen LogP contribution in [-0.4, -0.2) is 37.0 Å². The van der Waals surface area contributed by atoms with Gasteiger partial charge >= 0.3 is 6.18 Å². The van der Waals surface area contributed by atoms with E-state index in [1.54, 1.807) is 19.2 Å². The van der Waals surface area contributed by atoms with Crippen molar-refractivity contribution in [1.29, 1.82) is 0 Å². The van der Waals surface area contributed by atoms with Gasteiger partial charge in [-0.2, -0.15) is 23.3 Å². The van der Waals surface area contributed by atoms with Crippen LogP contribution in [-0.2, 0) is 13.2 Å². The number of pyridine rings is 1. The predicted octanol–water partition coefficient (Wildman–Crippen LogP) is 4.51. The molecule has 1 aliphatic heterocycles. The third-order valence-corrected chi connectivity index (χ3v) is 5.90. The van der Waals surface area contributed by atoms with Crippen LogP contribution in [0.5, 0.6) is 5.75 Å². The fourth-order valence-electron chi connectivity index (χ4n) is 3.81. The fourth-order valence-corrected chi connectivity index (χ4v) is 3.95. The van der Waals surface area contributed by atoms with Gasteiger partial charge in [0.05, 0.1) is 24.0 Å². The first-order valence-electron chi connectivity index (χ1n) is 10.6. The highest BCUT2D eigenvalue weighted by Gasteiger charge is 2.34. The van der Waals surface area contributed by atoms with Crippen LogP contribution in [0.1, 0.15) is 19.0 Å². The Balaban J connectivity index is 1.55. The number of aromatic nitrogens is 5. The molecule has 2 N–H and O–H groups in total. The summed E-state index contributed by atoms with van der Waals surface area (Å²) in [5, 5.41) is 10.8. The summed E-state index contributed by atoms with van der Waals surface area (Å²) in [5.74, 6) is 0.338. The highest BCUT2D eigenvalue weighted by Crippen LogP contribution is 2.35. The van der Waals surface area contributed by atoms with Gasteiger partial charge in [-0.3, -0.25) is 4.79 Å². The lowest BCUT2D eigenvalue weighted by Crippen LogP contribution is -2.21. The fraction of sp³-hybridized carbons (Fsp3) is 0.273. The summed E-state index contributed by atoms with van der Waals surface area (Å²) < 4.78 is 46.9. The molecule has 9 nitrogen and oxygen atoms in total. The maximum Gasteiger partial charge on any atom is 0.435 e. The van der Waals surface area contributed by atoms with Crippen molar-refractivity contribution >= 4 is 39.7 Å². The van der Waals surface area contributed by atoms with Crippen molar-refractivity contribution in [3.05, 3.63) is 57.7 Å². The SMILES string of the molecule is CC1CCOc2c(c3cc(Nc4nc(-n5ccc(C(F)(F)F)n5)ncc4Cl)ccc3n(C)c2=O)N1. The van der Waals surface area contributed by atoms with Crippen LogP contribution in [0.2, 0.25) is 5.02 Å². The number of ether oxygens (including phenoxy) is 1. The topological polar surface area (TPSA) is 98.9 Å². The molecule has 0 saturated carbocycles. The first-order chi connectivity index (χ1) is 16.6. The van der Waals surface area contributed by atoms with Crippen molar-refractivity contribution < 1.29 is 17.9 Å². The van der Waals surface area contributed by atoms with Crippen molar-refractivity contribution in [2.24, 2.45) is 7.05 Å². The number of aryl methyl sites for hydroxylation is 1. The van der Waals surface area contributed by atoms with Crippen molar-refractivity contribution in [3.63, 3.8) is 0 Å².